The lowest BCUT2D eigenvalue weighted by Crippen LogP contribution is -2.36. The molecule has 3 aromatic heterocycles. The minimum absolute atomic E-state index is 0.179. The van der Waals surface area contributed by atoms with Gasteiger partial charge in [-0.1, -0.05) is 35.3 Å². The van der Waals surface area contributed by atoms with Crippen molar-refractivity contribution in [2.45, 2.75) is 38.6 Å². The molecule has 1 aromatic carbocycles. The van der Waals surface area contributed by atoms with Crippen molar-refractivity contribution in [3.63, 3.8) is 0 Å². The standard InChI is InChI=1S/C34H34Cl2N6O5/c1-41-27-13-15-42(16-19-6-8-20(9-7-19)34(45)46)17-26(27)38-31(41)32(44)39-25-5-3-4-23(28(25)35)30-29(36)22(12-14-37-30)24-11-10-21(18-43)33(40-24)47-2/h3-5,10-12,14,18-20H,6-9,13,15-17H2,1-2H3,(H,39,44)(H,45,46)/t19-,20-. The molecule has 0 spiro atoms. The van der Waals surface area contributed by atoms with Gasteiger partial charge < -0.3 is 19.7 Å². The van der Waals surface area contributed by atoms with E-state index in [2.05, 4.69) is 20.2 Å². The predicted molar refractivity (Wildman–Crippen MR) is 178 cm³/mol. The van der Waals surface area contributed by atoms with Gasteiger partial charge in [-0.2, -0.15) is 0 Å². The average Bonchev–Trinajstić information content (AvgIpc) is 3.41. The normalized spacial score (nSPS) is 18.0. The second-order valence-electron chi connectivity index (χ2n) is 12.0. The molecule has 1 saturated carbocycles. The number of amides is 1. The molecule has 0 atom stereocenters. The molecule has 13 heteroatoms. The summed E-state index contributed by atoms with van der Waals surface area (Å²) in [5.74, 6) is -0.363. The molecular formula is C34H34Cl2N6O5. The summed E-state index contributed by atoms with van der Waals surface area (Å²) in [6.45, 7) is 2.40. The van der Waals surface area contributed by atoms with Gasteiger partial charge in [-0.25, -0.2) is 9.97 Å². The second-order valence-corrected chi connectivity index (χ2v) is 12.7. The number of anilines is 1. The number of aromatic nitrogens is 4. The Kier molecular flexibility index (Phi) is 9.58. The van der Waals surface area contributed by atoms with Crippen LogP contribution < -0.4 is 10.1 Å². The highest BCUT2D eigenvalue weighted by molar-refractivity contribution is 6.39. The number of carboxylic acids is 1. The molecule has 1 aliphatic heterocycles. The maximum Gasteiger partial charge on any atom is 0.306 e. The molecule has 0 radical (unpaired) electrons. The van der Waals surface area contributed by atoms with Gasteiger partial charge in [0.2, 0.25) is 5.88 Å². The van der Waals surface area contributed by atoms with Crippen molar-refractivity contribution in [2.24, 2.45) is 18.9 Å². The summed E-state index contributed by atoms with van der Waals surface area (Å²) >= 11 is 13.7. The Balaban J connectivity index is 1.19. The van der Waals surface area contributed by atoms with Crippen LogP contribution in [0, 0.1) is 11.8 Å². The number of pyridine rings is 2. The highest BCUT2D eigenvalue weighted by Crippen LogP contribution is 2.40. The lowest BCUT2D eigenvalue weighted by molar-refractivity contribution is -0.143. The first-order chi connectivity index (χ1) is 22.7. The highest BCUT2D eigenvalue weighted by atomic mass is 35.5. The van der Waals surface area contributed by atoms with E-state index < -0.39 is 5.97 Å². The number of carboxylic acid groups (broad SMARTS) is 1. The number of ether oxygens (including phenoxy) is 1. The van der Waals surface area contributed by atoms with Gasteiger partial charge in [0.05, 0.1) is 51.4 Å². The molecule has 244 valence electrons. The van der Waals surface area contributed by atoms with Gasteiger partial charge in [-0.3, -0.25) is 24.3 Å². The Morgan fingerprint density at radius 1 is 1.06 bits per heavy atom. The van der Waals surface area contributed by atoms with E-state index in [9.17, 15) is 19.5 Å². The monoisotopic (exact) mass is 676 g/mol. The Hall–Kier alpha value is -4.32. The van der Waals surface area contributed by atoms with Gasteiger partial charge in [0, 0.05) is 56.1 Å². The first-order valence-corrected chi connectivity index (χ1v) is 16.2. The van der Waals surface area contributed by atoms with Crippen molar-refractivity contribution in [2.75, 3.05) is 25.5 Å². The van der Waals surface area contributed by atoms with E-state index >= 15 is 0 Å². The number of nitrogens with one attached hydrogen (secondary N) is 1. The van der Waals surface area contributed by atoms with Crippen LogP contribution in [0.4, 0.5) is 5.69 Å². The third-order valence-electron chi connectivity index (χ3n) is 9.13. The number of carbonyl (C=O) groups excluding carboxylic acids is 2. The van der Waals surface area contributed by atoms with E-state index in [1.54, 1.807) is 42.6 Å². The fraction of sp³-hybridized carbons (Fsp3) is 0.353. The Morgan fingerprint density at radius 3 is 2.57 bits per heavy atom. The molecule has 1 aliphatic carbocycles. The topological polar surface area (TPSA) is 140 Å². The van der Waals surface area contributed by atoms with Gasteiger partial charge in [-0.05, 0) is 55.9 Å². The molecule has 0 saturated heterocycles. The SMILES string of the molecule is COc1nc(-c2ccnc(-c3cccc(NC(=O)c4nc5c(n4C)CCN(C[C@H]4CC[C@H](C(=O)O)CC4)C5)c3Cl)c2Cl)ccc1C=O. The minimum atomic E-state index is -0.689. The largest absolute Gasteiger partial charge is 0.481 e. The number of hydrogen-bond acceptors (Lipinski definition) is 8. The molecule has 1 amide bonds. The number of fused-ring (bicyclic) bond motifs is 1. The van der Waals surface area contributed by atoms with Crippen molar-refractivity contribution in [1.29, 1.82) is 0 Å². The molecule has 2 aliphatic rings. The Bertz CT molecular complexity index is 1850. The van der Waals surface area contributed by atoms with E-state index in [1.165, 1.54) is 7.11 Å². The molecule has 0 bridgehead atoms. The van der Waals surface area contributed by atoms with Crippen molar-refractivity contribution in [3.05, 3.63) is 75.4 Å². The number of benzene rings is 1. The third-order valence-corrected chi connectivity index (χ3v) is 9.92. The van der Waals surface area contributed by atoms with E-state index in [0.29, 0.717) is 57.5 Å². The number of halogens is 2. The van der Waals surface area contributed by atoms with Crippen molar-refractivity contribution in [3.8, 4) is 28.4 Å². The quantitative estimate of drug-likeness (QED) is 0.199. The molecule has 1 fully saturated rings. The van der Waals surface area contributed by atoms with Gasteiger partial charge in [0.25, 0.3) is 5.91 Å². The van der Waals surface area contributed by atoms with Gasteiger partial charge in [0.15, 0.2) is 12.1 Å². The number of aliphatic carboxylic acids is 1. The first-order valence-electron chi connectivity index (χ1n) is 15.4. The zero-order chi connectivity index (χ0) is 33.2. The number of methoxy groups -OCH3 is 1. The molecule has 11 nitrogen and oxygen atoms in total. The summed E-state index contributed by atoms with van der Waals surface area (Å²) in [7, 11) is 3.28. The van der Waals surface area contributed by atoms with Crippen LogP contribution in [0.2, 0.25) is 10.0 Å². The number of aldehydes is 1. The van der Waals surface area contributed by atoms with Gasteiger partial charge in [-0.15, -0.1) is 0 Å². The smallest absolute Gasteiger partial charge is 0.306 e. The zero-order valence-corrected chi connectivity index (χ0v) is 27.5. The number of imidazole rings is 1. The highest BCUT2D eigenvalue weighted by Gasteiger charge is 2.30. The maximum atomic E-state index is 13.6. The molecule has 4 heterocycles. The Labute approximate surface area is 281 Å². The van der Waals surface area contributed by atoms with Crippen LogP contribution in [-0.4, -0.2) is 67.9 Å². The van der Waals surface area contributed by atoms with Crippen LogP contribution in [0.3, 0.4) is 0 Å². The summed E-state index contributed by atoms with van der Waals surface area (Å²) in [5.41, 5.74) is 4.57. The second kappa shape index (κ2) is 13.8. The maximum absolute atomic E-state index is 13.6. The molecular weight excluding hydrogens is 643 g/mol. The summed E-state index contributed by atoms with van der Waals surface area (Å²) in [5, 5.41) is 12.8. The first kappa shape index (κ1) is 32.6. The number of rotatable bonds is 9. The average molecular weight is 678 g/mol. The van der Waals surface area contributed by atoms with Crippen LogP contribution >= 0.6 is 23.2 Å². The van der Waals surface area contributed by atoms with Gasteiger partial charge >= 0.3 is 5.97 Å². The number of nitrogens with zero attached hydrogens (tertiary/aromatic N) is 5. The van der Waals surface area contributed by atoms with Crippen molar-refractivity contribution >= 4 is 47.1 Å². The lowest BCUT2D eigenvalue weighted by Gasteiger charge is -2.33. The van der Waals surface area contributed by atoms with Crippen LogP contribution in [0.25, 0.3) is 22.5 Å². The van der Waals surface area contributed by atoms with Crippen molar-refractivity contribution < 1.29 is 24.2 Å². The fourth-order valence-corrected chi connectivity index (χ4v) is 7.14. The number of carbonyl (C=O) groups is 3. The predicted octanol–water partition coefficient (Wildman–Crippen LogP) is 6.17. The minimum Gasteiger partial charge on any atom is -0.481 e. The molecule has 2 N–H and O–H groups in total. The van der Waals surface area contributed by atoms with Crippen LogP contribution in [-0.2, 0) is 24.8 Å². The van der Waals surface area contributed by atoms with Gasteiger partial charge in [0.1, 0.15) is 0 Å². The summed E-state index contributed by atoms with van der Waals surface area (Å²) < 4.78 is 7.10. The van der Waals surface area contributed by atoms with E-state index in [-0.39, 0.29) is 28.6 Å². The zero-order valence-electron chi connectivity index (χ0n) is 26.0. The van der Waals surface area contributed by atoms with Crippen LogP contribution in [0.15, 0.2) is 42.6 Å². The summed E-state index contributed by atoms with van der Waals surface area (Å²) in [4.78, 5) is 52.2. The molecule has 0 unspecified atom stereocenters. The molecule has 4 aromatic rings. The number of hydrogen-bond donors (Lipinski definition) is 2. The van der Waals surface area contributed by atoms with E-state index in [1.807, 2.05) is 11.6 Å². The van der Waals surface area contributed by atoms with Crippen molar-refractivity contribution in [1.82, 2.24) is 24.4 Å². The summed E-state index contributed by atoms with van der Waals surface area (Å²) in [6.07, 6.45) is 6.32. The fourth-order valence-electron chi connectivity index (χ4n) is 6.57. The molecule has 47 heavy (non-hydrogen) atoms. The lowest BCUT2D eigenvalue weighted by atomic mass is 9.81. The van der Waals surface area contributed by atoms with E-state index in [4.69, 9.17) is 32.9 Å². The van der Waals surface area contributed by atoms with E-state index in [0.717, 1.165) is 56.6 Å². The van der Waals surface area contributed by atoms with Crippen LogP contribution in [0.1, 0.15) is 58.0 Å². The third kappa shape index (κ3) is 6.60. The van der Waals surface area contributed by atoms with Crippen LogP contribution in [0.5, 0.6) is 5.88 Å². The summed E-state index contributed by atoms with van der Waals surface area (Å²) in [6, 6.07) is 10.2. The Morgan fingerprint density at radius 2 is 1.85 bits per heavy atom. The molecule has 6 rings (SSSR count).